The van der Waals surface area contributed by atoms with E-state index >= 15 is 0 Å². The van der Waals surface area contributed by atoms with Gasteiger partial charge in [0, 0.05) is 31.0 Å². The molecule has 4 nitrogen and oxygen atoms in total. The van der Waals surface area contributed by atoms with Gasteiger partial charge in [0.2, 0.25) is 0 Å². The van der Waals surface area contributed by atoms with E-state index in [1.165, 1.54) is 0 Å². The number of hydrogen-bond acceptors (Lipinski definition) is 3. The maximum atomic E-state index is 12.2. The van der Waals surface area contributed by atoms with Gasteiger partial charge < -0.3 is 16.0 Å². The highest BCUT2D eigenvalue weighted by atomic mass is 35.5. The Labute approximate surface area is 133 Å². The fraction of sp³-hybridized carbons (Fsp3) is 0.133. The Bertz CT molecular complexity index is 646. The van der Waals surface area contributed by atoms with Crippen molar-refractivity contribution >= 4 is 46.2 Å². The zero-order valence-electron chi connectivity index (χ0n) is 11.7. The van der Waals surface area contributed by atoms with Crippen LogP contribution in [0.3, 0.4) is 0 Å². The van der Waals surface area contributed by atoms with E-state index in [4.69, 9.17) is 28.9 Å². The number of amides is 1. The summed E-state index contributed by atoms with van der Waals surface area (Å²) in [6.07, 6.45) is 0. The van der Waals surface area contributed by atoms with Crippen LogP contribution in [-0.2, 0) is 0 Å². The topological polar surface area (TPSA) is 58.4 Å². The molecule has 0 radical (unpaired) electrons. The normalized spacial score (nSPS) is 10.3. The van der Waals surface area contributed by atoms with Crippen molar-refractivity contribution in [2.75, 3.05) is 30.0 Å². The molecule has 2 rings (SSSR count). The molecule has 0 aliphatic carbocycles. The van der Waals surface area contributed by atoms with Crippen LogP contribution in [-0.4, -0.2) is 20.0 Å². The van der Waals surface area contributed by atoms with Gasteiger partial charge in [0.05, 0.1) is 15.7 Å². The van der Waals surface area contributed by atoms with Crippen LogP contribution in [0.5, 0.6) is 0 Å². The van der Waals surface area contributed by atoms with Crippen molar-refractivity contribution in [1.29, 1.82) is 0 Å². The Morgan fingerprint density at radius 2 is 1.62 bits per heavy atom. The van der Waals surface area contributed by atoms with E-state index in [9.17, 15) is 4.79 Å². The summed E-state index contributed by atoms with van der Waals surface area (Å²) in [5.74, 6) is -0.239. The van der Waals surface area contributed by atoms with Gasteiger partial charge in [-0.3, -0.25) is 4.79 Å². The SMILES string of the molecule is CN(C)c1ccc(C(=O)Nc2cc(Cl)c(N)c(Cl)c2)cc1. The summed E-state index contributed by atoms with van der Waals surface area (Å²) >= 11 is 11.9. The second-order valence-corrected chi connectivity index (χ2v) is 5.56. The fourth-order valence-corrected chi connectivity index (χ4v) is 2.26. The van der Waals surface area contributed by atoms with Crippen LogP contribution in [0, 0.1) is 0 Å². The first-order valence-corrected chi connectivity index (χ1v) is 6.97. The van der Waals surface area contributed by atoms with Gasteiger partial charge in [-0.2, -0.15) is 0 Å². The number of nitrogens with two attached hydrogens (primary N) is 1. The van der Waals surface area contributed by atoms with Gasteiger partial charge in [0.15, 0.2) is 0 Å². The van der Waals surface area contributed by atoms with Crippen LogP contribution in [0.1, 0.15) is 10.4 Å². The average Bonchev–Trinajstić information content (AvgIpc) is 2.44. The number of carbonyl (C=O) groups excluding carboxylic acids is 1. The average molecular weight is 324 g/mol. The van der Waals surface area contributed by atoms with Crippen LogP contribution in [0.15, 0.2) is 36.4 Å². The van der Waals surface area contributed by atoms with E-state index in [0.717, 1.165) is 5.69 Å². The van der Waals surface area contributed by atoms with E-state index in [0.29, 0.717) is 27.0 Å². The van der Waals surface area contributed by atoms with Crippen LogP contribution >= 0.6 is 23.2 Å². The highest BCUT2D eigenvalue weighted by Crippen LogP contribution is 2.31. The van der Waals surface area contributed by atoms with Gasteiger partial charge in [0.25, 0.3) is 5.91 Å². The van der Waals surface area contributed by atoms with Crippen molar-refractivity contribution in [2.45, 2.75) is 0 Å². The van der Waals surface area contributed by atoms with Crippen LogP contribution in [0.2, 0.25) is 10.0 Å². The van der Waals surface area contributed by atoms with Gasteiger partial charge in [-0.25, -0.2) is 0 Å². The number of halogens is 2. The second kappa shape index (κ2) is 6.24. The minimum atomic E-state index is -0.239. The summed E-state index contributed by atoms with van der Waals surface area (Å²) in [7, 11) is 3.88. The maximum Gasteiger partial charge on any atom is 0.255 e. The Balaban J connectivity index is 2.18. The molecule has 0 aliphatic rings. The van der Waals surface area contributed by atoms with Crippen molar-refractivity contribution in [3.8, 4) is 0 Å². The predicted octanol–water partition coefficient (Wildman–Crippen LogP) is 3.89. The number of carbonyl (C=O) groups is 1. The molecule has 0 saturated heterocycles. The molecule has 0 atom stereocenters. The Morgan fingerprint density at radius 1 is 1.10 bits per heavy atom. The summed E-state index contributed by atoms with van der Waals surface area (Å²) in [6, 6.07) is 10.4. The number of rotatable bonds is 3. The largest absolute Gasteiger partial charge is 0.396 e. The Hall–Kier alpha value is -1.91. The highest BCUT2D eigenvalue weighted by Gasteiger charge is 2.10. The van der Waals surface area contributed by atoms with Crippen molar-refractivity contribution in [1.82, 2.24) is 0 Å². The first-order valence-electron chi connectivity index (χ1n) is 6.21. The predicted molar refractivity (Wildman–Crippen MR) is 89.6 cm³/mol. The Morgan fingerprint density at radius 3 is 2.10 bits per heavy atom. The molecule has 110 valence electrons. The van der Waals surface area contributed by atoms with Crippen molar-refractivity contribution in [3.63, 3.8) is 0 Å². The molecule has 0 bridgehead atoms. The van der Waals surface area contributed by atoms with E-state index in [-0.39, 0.29) is 5.91 Å². The third-order valence-electron chi connectivity index (χ3n) is 2.98. The number of nitrogens with zero attached hydrogens (tertiary/aromatic N) is 1. The van der Waals surface area contributed by atoms with Gasteiger partial charge in [-0.1, -0.05) is 23.2 Å². The van der Waals surface area contributed by atoms with Crippen molar-refractivity contribution in [2.24, 2.45) is 0 Å². The molecule has 0 aromatic heterocycles. The van der Waals surface area contributed by atoms with E-state index < -0.39 is 0 Å². The second-order valence-electron chi connectivity index (χ2n) is 4.75. The Kier molecular flexibility index (Phi) is 4.60. The quantitative estimate of drug-likeness (QED) is 0.842. The highest BCUT2D eigenvalue weighted by molar-refractivity contribution is 6.39. The van der Waals surface area contributed by atoms with Crippen LogP contribution in [0.4, 0.5) is 17.1 Å². The lowest BCUT2D eigenvalue weighted by Crippen LogP contribution is -2.13. The van der Waals surface area contributed by atoms with Crippen LogP contribution in [0.25, 0.3) is 0 Å². The molecule has 0 heterocycles. The number of hydrogen-bond donors (Lipinski definition) is 2. The van der Waals surface area contributed by atoms with Gasteiger partial charge in [-0.15, -0.1) is 0 Å². The monoisotopic (exact) mass is 323 g/mol. The molecule has 3 N–H and O–H groups in total. The summed E-state index contributed by atoms with van der Waals surface area (Å²) in [5.41, 5.74) is 8.02. The lowest BCUT2D eigenvalue weighted by Gasteiger charge is -2.13. The molecule has 1 amide bonds. The maximum absolute atomic E-state index is 12.2. The molecule has 21 heavy (non-hydrogen) atoms. The van der Waals surface area contributed by atoms with E-state index in [1.54, 1.807) is 24.3 Å². The minimum absolute atomic E-state index is 0.239. The fourth-order valence-electron chi connectivity index (χ4n) is 1.77. The molecule has 0 unspecified atom stereocenters. The van der Waals surface area contributed by atoms with Crippen molar-refractivity contribution in [3.05, 3.63) is 52.0 Å². The number of anilines is 3. The summed E-state index contributed by atoms with van der Waals surface area (Å²) in [5, 5.41) is 3.35. The van der Waals surface area contributed by atoms with E-state index in [2.05, 4.69) is 5.32 Å². The first kappa shape index (κ1) is 15.5. The molecule has 0 aliphatic heterocycles. The number of benzene rings is 2. The van der Waals surface area contributed by atoms with Crippen LogP contribution < -0.4 is 16.0 Å². The van der Waals surface area contributed by atoms with Gasteiger partial charge in [0.1, 0.15) is 0 Å². The number of nitrogens with one attached hydrogen (secondary N) is 1. The molecular formula is C15H15Cl2N3O. The molecule has 0 fully saturated rings. The third-order valence-corrected chi connectivity index (χ3v) is 3.61. The summed E-state index contributed by atoms with van der Waals surface area (Å²) in [6.45, 7) is 0. The zero-order chi connectivity index (χ0) is 15.6. The summed E-state index contributed by atoms with van der Waals surface area (Å²) < 4.78 is 0. The minimum Gasteiger partial charge on any atom is -0.396 e. The first-order chi connectivity index (χ1) is 9.88. The van der Waals surface area contributed by atoms with E-state index in [1.807, 2.05) is 31.1 Å². The molecule has 2 aromatic rings. The zero-order valence-corrected chi connectivity index (χ0v) is 13.2. The van der Waals surface area contributed by atoms with Gasteiger partial charge in [-0.05, 0) is 36.4 Å². The molecule has 6 heteroatoms. The molecule has 0 saturated carbocycles. The van der Waals surface area contributed by atoms with Gasteiger partial charge >= 0.3 is 0 Å². The number of nitrogen functional groups attached to an aromatic ring is 1. The third kappa shape index (κ3) is 3.60. The molecule has 0 spiro atoms. The summed E-state index contributed by atoms with van der Waals surface area (Å²) in [4.78, 5) is 14.1. The smallest absolute Gasteiger partial charge is 0.255 e. The lowest BCUT2D eigenvalue weighted by atomic mass is 10.2. The molecule has 2 aromatic carbocycles. The lowest BCUT2D eigenvalue weighted by molar-refractivity contribution is 0.102. The standard InChI is InChI=1S/C15H15Cl2N3O/c1-20(2)11-5-3-9(4-6-11)15(21)19-10-7-12(16)14(18)13(17)8-10/h3-8H,18H2,1-2H3,(H,19,21). The molecular weight excluding hydrogens is 309 g/mol. The van der Waals surface area contributed by atoms with Crippen molar-refractivity contribution < 1.29 is 4.79 Å².